The van der Waals surface area contributed by atoms with Gasteiger partial charge in [0.05, 0.1) is 6.04 Å². The van der Waals surface area contributed by atoms with Crippen molar-refractivity contribution in [2.75, 3.05) is 0 Å². The van der Waals surface area contributed by atoms with E-state index in [-0.39, 0.29) is 12.0 Å². The van der Waals surface area contributed by atoms with Gasteiger partial charge in [-0.05, 0) is 17.4 Å². The topological polar surface area (TPSA) is 77.8 Å². The van der Waals surface area contributed by atoms with Crippen molar-refractivity contribution in [3.8, 4) is 11.5 Å². The molecule has 5 heteroatoms. The van der Waals surface area contributed by atoms with E-state index in [1.54, 1.807) is 6.20 Å². The molecule has 0 aliphatic carbocycles. The molecule has 20 heavy (non-hydrogen) atoms. The van der Waals surface area contributed by atoms with E-state index in [1.807, 2.05) is 44.2 Å². The Labute approximate surface area is 116 Å². The number of nitrogens with two attached hydrogens (primary N) is 1. The maximum Gasteiger partial charge on any atom is 0.244 e. The monoisotopic (exact) mass is 268 g/mol. The van der Waals surface area contributed by atoms with Crippen LogP contribution in [0.1, 0.15) is 25.8 Å². The third kappa shape index (κ3) is 2.16. The lowest BCUT2D eigenvalue weighted by Crippen LogP contribution is -2.16. The fourth-order valence-corrected chi connectivity index (χ4v) is 2.05. The first kappa shape index (κ1) is 12.7. The van der Waals surface area contributed by atoms with E-state index in [0.29, 0.717) is 17.4 Å². The van der Waals surface area contributed by atoms with Crippen LogP contribution in [0.5, 0.6) is 0 Å². The Morgan fingerprint density at radius 3 is 2.75 bits per heavy atom. The normalized spacial score (nSPS) is 13.0. The number of rotatable bonds is 3. The second-order valence-electron chi connectivity index (χ2n) is 5.11. The molecule has 0 spiro atoms. The highest BCUT2D eigenvalue weighted by molar-refractivity contribution is 5.92. The number of hydrogen-bond donors (Lipinski definition) is 1. The van der Waals surface area contributed by atoms with Crippen LogP contribution in [0.25, 0.3) is 22.3 Å². The predicted molar refractivity (Wildman–Crippen MR) is 76.8 cm³/mol. The molecule has 1 aromatic carbocycles. The van der Waals surface area contributed by atoms with Crippen molar-refractivity contribution in [1.82, 2.24) is 15.1 Å². The van der Waals surface area contributed by atoms with E-state index in [2.05, 4.69) is 15.1 Å². The Morgan fingerprint density at radius 2 is 1.95 bits per heavy atom. The smallest absolute Gasteiger partial charge is 0.244 e. The molecule has 1 unspecified atom stereocenters. The molecule has 0 bridgehead atoms. The predicted octanol–water partition coefficient (Wildman–Crippen LogP) is 2.94. The molecule has 1 atom stereocenters. The molecule has 0 radical (unpaired) electrons. The minimum atomic E-state index is -0.258. The fraction of sp³-hybridized carbons (Fsp3) is 0.267. The van der Waals surface area contributed by atoms with Gasteiger partial charge in [0.2, 0.25) is 11.7 Å². The van der Waals surface area contributed by atoms with Crippen molar-refractivity contribution in [2.24, 2.45) is 11.7 Å². The highest BCUT2D eigenvalue weighted by Crippen LogP contribution is 2.26. The van der Waals surface area contributed by atoms with Crippen molar-refractivity contribution in [1.29, 1.82) is 0 Å². The van der Waals surface area contributed by atoms with Crippen molar-refractivity contribution >= 4 is 10.8 Å². The number of nitrogens with zero attached hydrogens (tertiary/aromatic N) is 3. The van der Waals surface area contributed by atoms with Crippen molar-refractivity contribution < 1.29 is 4.52 Å². The van der Waals surface area contributed by atoms with Gasteiger partial charge in [-0.3, -0.25) is 4.98 Å². The van der Waals surface area contributed by atoms with Crippen LogP contribution in [0.2, 0.25) is 0 Å². The van der Waals surface area contributed by atoms with E-state index in [1.165, 1.54) is 0 Å². The van der Waals surface area contributed by atoms with Gasteiger partial charge >= 0.3 is 0 Å². The molecule has 0 amide bonds. The van der Waals surface area contributed by atoms with Gasteiger partial charge in [0.1, 0.15) is 5.69 Å². The van der Waals surface area contributed by atoms with E-state index in [4.69, 9.17) is 10.3 Å². The lowest BCUT2D eigenvalue weighted by molar-refractivity contribution is 0.325. The van der Waals surface area contributed by atoms with Gasteiger partial charge in [-0.1, -0.05) is 43.3 Å². The Morgan fingerprint density at radius 1 is 1.15 bits per heavy atom. The summed E-state index contributed by atoms with van der Waals surface area (Å²) < 4.78 is 5.26. The first-order valence-corrected chi connectivity index (χ1v) is 6.60. The number of hydrogen-bond acceptors (Lipinski definition) is 5. The molecule has 0 aliphatic rings. The van der Waals surface area contributed by atoms with Gasteiger partial charge in [0.15, 0.2) is 0 Å². The van der Waals surface area contributed by atoms with Crippen LogP contribution in [-0.4, -0.2) is 15.1 Å². The highest BCUT2D eigenvalue weighted by Gasteiger charge is 2.19. The summed E-state index contributed by atoms with van der Waals surface area (Å²) in [5, 5.41) is 6.11. The maximum atomic E-state index is 6.03. The van der Waals surface area contributed by atoms with Gasteiger partial charge in [-0.15, -0.1) is 0 Å². The molecular formula is C15H16N4O. The Balaban J connectivity index is 2.08. The van der Waals surface area contributed by atoms with Gasteiger partial charge in [0.25, 0.3) is 0 Å². The molecular weight excluding hydrogens is 252 g/mol. The minimum absolute atomic E-state index is 0.240. The average Bonchev–Trinajstić information content (AvgIpc) is 2.95. The minimum Gasteiger partial charge on any atom is -0.337 e. The first-order valence-electron chi connectivity index (χ1n) is 6.60. The Hall–Kier alpha value is -2.27. The molecule has 3 aromatic rings. The maximum absolute atomic E-state index is 6.03. The van der Waals surface area contributed by atoms with E-state index in [0.717, 1.165) is 10.8 Å². The SMILES string of the molecule is CC(C)C(N)c1nc(-c2nccc3ccccc23)no1. The van der Waals surface area contributed by atoms with Crippen LogP contribution in [-0.2, 0) is 0 Å². The molecule has 0 aliphatic heterocycles. The third-order valence-corrected chi connectivity index (χ3v) is 3.33. The van der Waals surface area contributed by atoms with Crippen LogP contribution in [0, 0.1) is 5.92 Å². The van der Waals surface area contributed by atoms with Crippen LogP contribution < -0.4 is 5.73 Å². The summed E-state index contributed by atoms with van der Waals surface area (Å²) in [6.45, 7) is 4.04. The summed E-state index contributed by atoms with van der Waals surface area (Å²) in [5.41, 5.74) is 6.74. The van der Waals surface area contributed by atoms with Gasteiger partial charge in [0, 0.05) is 11.6 Å². The summed E-state index contributed by atoms with van der Waals surface area (Å²) in [7, 11) is 0. The quantitative estimate of drug-likeness (QED) is 0.790. The van der Waals surface area contributed by atoms with Gasteiger partial charge < -0.3 is 10.3 Å². The zero-order valence-corrected chi connectivity index (χ0v) is 11.4. The summed E-state index contributed by atoms with van der Waals surface area (Å²) in [6.07, 6.45) is 1.75. The number of aromatic nitrogens is 3. The summed E-state index contributed by atoms with van der Waals surface area (Å²) in [5.74, 6) is 1.17. The standard InChI is InChI=1S/C15H16N4O/c1-9(2)12(16)15-18-14(19-20-15)13-11-6-4-3-5-10(11)7-8-17-13/h3-9,12H,16H2,1-2H3. The molecule has 5 nitrogen and oxygen atoms in total. The third-order valence-electron chi connectivity index (χ3n) is 3.33. The number of fused-ring (bicyclic) bond motifs is 1. The van der Waals surface area contributed by atoms with Crippen molar-refractivity contribution in [3.63, 3.8) is 0 Å². The largest absolute Gasteiger partial charge is 0.337 e. The van der Waals surface area contributed by atoms with Crippen molar-refractivity contribution in [3.05, 3.63) is 42.4 Å². The van der Waals surface area contributed by atoms with Gasteiger partial charge in [-0.25, -0.2) is 0 Å². The molecule has 0 saturated carbocycles. The second kappa shape index (κ2) is 5.02. The Kier molecular flexibility index (Phi) is 3.20. The summed E-state index contributed by atoms with van der Waals surface area (Å²) in [4.78, 5) is 8.76. The van der Waals surface area contributed by atoms with E-state index in [9.17, 15) is 0 Å². The fourth-order valence-electron chi connectivity index (χ4n) is 2.05. The van der Waals surface area contributed by atoms with Crippen molar-refractivity contribution in [2.45, 2.75) is 19.9 Å². The number of benzene rings is 1. The highest BCUT2D eigenvalue weighted by atomic mass is 16.5. The molecule has 0 saturated heterocycles. The van der Waals surface area contributed by atoms with Crippen LogP contribution in [0.15, 0.2) is 41.1 Å². The van der Waals surface area contributed by atoms with E-state index >= 15 is 0 Å². The summed E-state index contributed by atoms with van der Waals surface area (Å²) >= 11 is 0. The van der Waals surface area contributed by atoms with Gasteiger partial charge in [-0.2, -0.15) is 4.98 Å². The van der Waals surface area contributed by atoms with E-state index < -0.39 is 0 Å². The zero-order chi connectivity index (χ0) is 14.1. The molecule has 3 rings (SSSR count). The van der Waals surface area contributed by atoms with Crippen LogP contribution in [0.4, 0.5) is 0 Å². The molecule has 2 heterocycles. The lowest BCUT2D eigenvalue weighted by Gasteiger charge is -2.09. The number of pyridine rings is 1. The molecule has 2 N–H and O–H groups in total. The first-order chi connectivity index (χ1) is 9.66. The molecule has 2 aromatic heterocycles. The lowest BCUT2D eigenvalue weighted by atomic mass is 10.1. The zero-order valence-electron chi connectivity index (χ0n) is 11.4. The molecule has 102 valence electrons. The summed E-state index contributed by atoms with van der Waals surface area (Å²) in [6, 6.07) is 9.68. The Bertz CT molecular complexity index is 730. The molecule has 0 fully saturated rings. The van der Waals surface area contributed by atoms with Crippen LogP contribution >= 0.6 is 0 Å². The van der Waals surface area contributed by atoms with Crippen LogP contribution in [0.3, 0.4) is 0 Å². The second-order valence-corrected chi connectivity index (χ2v) is 5.11. The average molecular weight is 268 g/mol.